The number of thiocarbonyl (C=S) groups is 1. The van der Waals surface area contributed by atoms with Crippen LogP contribution in [0.3, 0.4) is 0 Å². The van der Waals surface area contributed by atoms with Gasteiger partial charge in [-0.25, -0.2) is 0 Å². The summed E-state index contributed by atoms with van der Waals surface area (Å²) in [5.74, 6) is 1.49. The maximum Gasteiger partial charge on any atom is 0.258 e. The third kappa shape index (κ3) is 4.50. The highest BCUT2D eigenvalue weighted by Gasteiger charge is 2.34. The van der Waals surface area contributed by atoms with E-state index in [0.717, 1.165) is 34.5 Å². The third-order valence-electron chi connectivity index (χ3n) is 5.28. The first-order valence-electron chi connectivity index (χ1n) is 10.3. The Balaban J connectivity index is 1.82. The average Bonchev–Trinajstić information content (AvgIpc) is 3.21. The SMILES string of the molecule is CC1=C(c2nc(-c3cccc(C)c3)no2)C(c2ccc(Cl)cc2)NC(=S)N1CC(C)C. The van der Waals surface area contributed by atoms with Crippen molar-refractivity contribution in [2.75, 3.05) is 6.54 Å². The van der Waals surface area contributed by atoms with Gasteiger partial charge < -0.3 is 14.7 Å². The van der Waals surface area contributed by atoms with Crippen LogP contribution in [0.1, 0.15) is 43.8 Å². The lowest BCUT2D eigenvalue weighted by atomic mass is 9.94. The summed E-state index contributed by atoms with van der Waals surface area (Å²) in [5, 5.41) is 9.11. The summed E-state index contributed by atoms with van der Waals surface area (Å²) in [6.45, 7) is 9.24. The van der Waals surface area contributed by atoms with Crippen LogP contribution in [0.4, 0.5) is 0 Å². The second kappa shape index (κ2) is 8.81. The van der Waals surface area contributed by atoms with Gasteiger partial charge in [-0.3, -0.25) is 0 Å². The molecular formula is C24H25ClN4OS. The van der Waals surface area contributed by atoms with Crippen molar-refractivity contribution in [2.45, 2.75) is 33.7 Å². The monoisotopic (exact) mass is 452 g/mol. The second-order valence-corrected chi connectivity index (χ2v) is 9.05. The number of benzene rings is 2. The number of aromatic nitrogens is 2. The molecule has 4 rings (SSSR count). The molecule has 0 fully saturated rings. The van der Waals surface area contributed by atoms with E-state index in [1.165, 1.54) is 0 Å². The molecule has 5 nitrogen and oxygen atoms in total. The summed E-state index contributed by atoms with van der Waals surface area (Å²) < 4.78 is 5.78. The lowest BCUT2D eigenvalue weighted by Crippen LogP contribution is -2.47. The molecule has 3 aromatic rings. The van der Waals surface area contributed by atoms with Gasteiger partial charge in [-0.2, -0.15) is 4.98 Å². The fraction of sp³-hybridized carbons (Fsp3) is 0.292. The zero-order valence-corrected chi connectivity index (χ0v) is 19.6. The summed E-state index contributed by atoms with van der Waals surface area (Å²) in [6, 6.07) is 15.6. The van der Waals surface area contributed by atoms with Crippen LogP contribution in [-0.4, -0.2) is 26.7 Å². The van der Waals surface area contributed by atoms with Crippen molar-refractivity contribution in [1.82, 2.24) is 20.4 Å². The topological polar surface area (TPSA) is 54.2 Å². The molecule has 1 atom stereocenters. The second-order valence-electron chi connectivity index (χ2n) is 8.23. The Kier molecular flexibility index (Phi) is 6.12. The molecule has 0 spiro atoms. The summed E-state index contributed by atoms with van der Waals surface area (Å²) in [6.07, 6.45) is 0. The van der Waals surface area contributed by atoms with Gasteiger partial charge in [-0.1, -0.05) is 66.5 Å². The van der Waals surface area contributed by atoms with E-state index in [0.29, 0.717) is 27.8 Å². The van der Waals surface area contributed by atoms with Crippen molar-refractivity contribution in [3.63, 3.8) is 0 Å². The molecule has 160 valence electrons. The van der Waals surface area contributed by atoms with Crippen LogP contribution >= 0.6 is 23.8 Å². The molecule has 0 bridgehead atoms. The Morgan fingerprint density at radius 2 is 1.90 bits per heavy atom. The van der Waals surface area contributed by atoms with E-state index in [4.69, 9.17) is 33.3 Å². The van der Waals surface area contributed by atoms with Gasteiger partial charge in [-0.15, -0.1) is 0 Å². The number of nitrogens with one attached hydrogen (secondary N) is 1. The number of allylic oxidation sites excluding steroid dienone is 1. The van der Waals surface area contributed by atoms with E-state index in [2.05, 4.69) is 36.1 Å². The smallest absolute Gasteiger partial charge is 0.258 e. The van der Waals surface area contributed by atoms with Crippen LogP contribution in [-0.2, 0) is 0 Å². The largest absolute Gasteiger partial charge is 0.351 e. The highest BCUT2D eigenvalue weighted by Crippen LogP contribution is 2.38. The zero-order valence-electron chi connectivity index (χ0n) is 18.0. The van der Waals surface area contributed by atoms with Crippen molar-refractivity contribution >= 4 is 34.5 Å². The fourth-order valence-electron chi connectivity index (χ4n) is 3.78. The molecule has 0 aliphatic carbocycles. The van der Waals surface area contributed by atoms with E-state index in [9.17, 15) is 0 Å². The number of aryl methyl sites for hydroxylation is 1. The summed E-state index contributed by atoms with van der Waals surface area (Å²) in [7, 11) is 0. The van der Waals surface area contributed by atoms with Crippen molar-refractivity contribution in [2.24, 2.45) is 5.92 Å². The van der Waals surface area contributed by atoms with Gasteiger partial charge in [0.05, 0.1) is 11.6 Å². The molecule has 0 saturated carbocycles. The summed E-state index contributed by atoms with van der Waals surface area (Å²) in [5.41, 5.74) is 5.03. The van der Waals surface area contributed by atoms with Crippen LogP contribution in [0.2, 0.25) is 5.02 Å². The Labute approximate surface area is 193 Å². The van der Waals surface area contributed by atoms with E-state index >= 15 is 0 Å². The lowest BCUT2D eigenvalue weighted by molar-refractivity contribution is 0.386. The minimum Gasteiger partial charge on any atom is -0.351 e. The molecule has 31 heavy (non-hydrogen) atoms. The Bertz CT molecular complexity index is 1140. The van der Waals surface area contributed by atoms with Gasteiger partial charge in [0.25, 0.3) is 5.89 Å². The minimum absolute atomic E-state index is 0.209. The highest BCUT2D eigenvalue weighted by molar-refractivity contribution is 7.80. The number of nitrogens with zero attached hydrogens (tertiary/aromatic N) is 3. The van der Waals surface area contributed by atoms with Gasteiger partial charge in [0, 0.05) is 22.8 Å². The Morgan fingerprint density at radius 3 is 2.58 bits per heavy atom. The maximum absolute atomic E-state index is 6.12. The lowest BCUT2D eigenvalue weighted by Gasteiger charge is -2.38. The molecule has 1 aromatic heterocycles. The number of hydrogen-bond acceptors (Lipinski definition) is 4. The Hall–Kier alpha value is -2.70. The highest BCUT2D eigenvalue weighted by atomic mass is 35.5. The first-order valence-corrected chi connectivity index (χ1v) is 11.1. The maximum atomic E-state index is 6.12. The van der Waals surface area contributed by atoms with E-state index in [1.54, 1.807) is 0 Å². The molecular weight excluding hydrogens is 428 g/mol. The third-order valence-corrected chi connectivity index (χ3v) is 5.87. The van der Waals surface area contributed by atoms with Crippen LogP contribution in [0.5, 0.6) is 0 Å². The van der Waals surface area contributed by atoms with Crippen LogP contribution in [0.25, 0.3) is 17.0 Å². The predicted octanol–water partition coefficient (Wildman–Crippen LogP) is 6.02. The van der Waals surface area contributed by atoms with Gasteiger partial charge >= 0.3 is 0 Å². The normalized spacial score (nSPS) is 16.8. The summed E-state index contributed by atoms with van der Waals surface area (Å²) >= 11 is 11.8. The van der Waals surface area contributed by atoms with Gasteiger partial charge in [-0.05, 0) is 55.7 Å². The number of halogens is 1. The van der Waals surface area contributed by atoms with E-state index < -0.39 is 0 Å². The molecule has 0 amide bonds. The van der Waals surface area contributed by atoms with Crippen molar-refractivity contribution in [3.8, 4) is 11.4 Å². The molecule has 2 heterocycles. The molecule has 1 aliphatic heterocycles. The Morgan fingerprint density at radius 1 is 1.16 bits per heavy atom. The molecule has 1 N–H and O–H groups in total. The number of hydrogen-bond donors (Lipinski definition) is 1. The molecule has 7 heteroatoms. The molecule has 0 saturated heterocycles. The van der Waals surface area contributed by atoms with Gasteiger partial charge in [0.2, 0.25) is 5.82 Å². The average molecular weight is 453 g/mol. The standard InChI is InChI=1S/C24H25ClN4OS/c1-14(2)13-29-16(4)20(21(26-24(29)31)17-8-10-19(25)11-9-17)23-27-22(28-30-23)18-7-5-6-15(3)12-18/h5-12,14,21H,13H2,1-4H3,(H,26,31). The van der Waals surface area contributed by atoms with Crippen LogP contribution in [0.15, 0.2) is 58.8 Å². The first kappa shape index (κ1) is 21.5. The minimum atomic E-state index is -0.209. The van der Waals surface area contributed by atoms with Crippen molar-refractivity contribution in [1.29, 1.82) is 0 Å². The van der Waals surface area contributed by atoms with Crippen molar-refractivity contribution < 1.29 is 4.52 Å². The van der Waals surface area contributed by atoms with E-state index in [-0.39, 0.29) is 6.04 Å². The van der Waals surface area contributed by atoms with E-state index in [1.807, 2.05) is 55.5 Å². The molecule has 2 aromatic carbocycles. The summed E-state index contributed by atoms with van der Waals surface area (Å²) in [4.78, 5) is 6.87. The quantitative estimate of drug-likeness (QED) is 0.478. The number of rotatable bonds is 5. The molecule has 1 aliphatic rings. The zero-order chi connectivity index (χ0) is 22.1. The van der Waals surface area contributed by atoms with Crippen LogP contribution in [0, 0.1) is 12.8 Å². The molecule has 0 radical (unpaired) electrons. The van der Waals surface area contributed by atoms with Gasteiger partial charge in [0.1, 0.15) is 0 Å². The fourth-order valence-corrected chi connectivity index (χ4v) is 4.24. The molecule has 1 unspecified atom stereocenters. The van der Waals surface area contributed by atoms with Crippen LogP contribution < -0.4 is 5.32 Å². The van der Waals surface area contributed by atoms with Crippen molar-refractivity contribution in [3.05, 3.63) is 76.3 Å². The predicted molar refractivity (Wildman–Crippen MR) is 129 cm³/mol. The first-order chi connectivity index (χ1) is 14.8. The van der Waals surface area contributed by atoms with Gasteiger partial charge in [0.15, 0.2) is 5.11 Å².